The third kappa shape index (κ3) is 8.57. The second kappa shape index (κ2) is 8.69. The predicted octanol–water partition coefficient (Wildman–Crippen LogP) is -5.04. The van der Waals surface area contributed by atoms with Gasteiger partial charge in [0.25, 0.3) is 0 Å². The fourth-order valence-corrected chi connectivity index (χ4v) is 6.60. The Morgan fingerprint density at radius 3 is 1.56 bits per heavy atom. The first-order valence-electron chi connectivity index (χ1n) is 4.08. The smallest absolute Gasteiger partial charge is 1.00 e. The van der Waals surface area contributed by atoms with E-state index in [2.05, 4.69) is 0 Å². The monoisotopic (exact) mass is 340 g/mol. The van der Waals surface area contributed by atoms with Crippen molar-refractivity contribution in [2.75, 3.05) is 0 Å². The number of rotatable bonds is 4. The maximum atomic E-state index is 11.1. The van der Waals surface area contributed by atoms with Gasteiger partial charge >= 0.3 is 74.3 Å². The van der Waals surface area contributed by atoms with E-state index < -0.39 is 30.5 Å². The summed E-state index contributed by atoms with van der Waals surface area (Å²) in [7, 11) is -10.0. The Morgan fingerprint density at radius 1 is 1.11 bits per heavy atom. The van der Waals surface area contributed by atoms with E-state index in [0.29, 0.717) is 11.8 Å². The van der Waals surface area contributed by atoms with Crippen LogP contribution in [0.5, 0.6) is 0 Å². The molecule has 0 saturated carbocycles. The van der Waals surface area contributed by atoms with Gasteiger partial charge in [-0.2, -0.15) is 0 Å². The zero-order valence-electron chi connectivity index (χ0n) is 12.9. The van der Waals surface area contributed by atoms with Crippen molar-refractivity contribution in [2.45, 2.75) is 30.9 Å². The van der Waals surface area contributed by atoms with E-state index in [9.17, 15) is 13.9 Å². The Hall–Kier alpha value is 2.32. The molecule has 100 valence electrons. The molecular weight excluding hydrogens is 324 g/mol. The molecule has 0 heterocycles. The summed E-state index contributed by atoms with van der Waals surface area (Å²) in [5, 5.41) is -2.67. The number of hydrogen-bond donors (Lipinski definition) is 4. The van der Waals surface area contributed by atoms with Crippen LogP contribution in [0.15, 0.2) is 0 Å². The normalized spacial score (nSPS) is 12.7. The van der Waals surface area contributed by atoms with Crippen LogP contribution in [0.3, 0.4) is 0 Å². The molecule has 0 rings (SSSR count). The van der Waals surface area contributed by atoms with Crippen LogP contribution in [0.25, 0.3) is 0 Å². The van der Waals surface area contributed by atoms with E-state index in [1.807, 2.05) is 0 Å². The summed E-state index contributed by atoms with van der Waals surface area (Å²) in [4.78, 5) is 46.7. The molecule has 18 heavy (non-hydrogen) atoms. The maximum Gasteiger partial charge on any atom is 1.00 e. The van der Waals surface area contributed by atoms with Crippen molar-refractivity contribution in [1.82, 2.24) is 0 Å². The van der Waals surface area contributed by atoms with Crippen molar-refractivity contribution < 1.29 is 95.5 Å². The second-order valence-corrected chi connectivity index (χ2v) is 9.38. The minimum absolute atomic E-state index is 0. The molecule has 0 fully saturated rings. The SMILES string of the molecule is CC(=O)SC(C)(C)C(P(=O)(O)O)P(=O)(O)O.[H-].[H-].[Na+].[Na+]. The minimum atomic E-state index is -5.01. The molecule has 0 unspecified atom stereocenters. The summed E-state index contributed by atoms with van der Waals surface area (Å²) in [5.41, 5.74) is 0. The molecule has 0 amide bonds. The zero-order chi connectivity index (χ0) is 13.4. The first kappa shape index (κ1) is 25.3. The van der Waals surface area contributed by atoms with Gasteiger partial charge in [0.05, 0.1) is 0 Å². The quantitative estimate of drug-likeness (QED) is 0.295. The summed E-state index contributed by atoms with van der Waals surface area (Å²) < 4.78 is 20.6. The molecule has 7 nitrogen and oxygen atoms in total. The van der Waals surface area contributed by atoms with Gasteiger partial charge in [-0.25, -0.2) is 0 Å². The summed E-state index contributed by atoms with van der Waals surface area (Å²) in [6.07, 6.45) is 0. The van der Waals surface area contributed by atoms with Gasteiger partial charge in [-0.15, -0.1) is 0 Å². The van der Waals surface area contributed by atoms with E-state index in [1.54, 1.807) is 0 Å². The molecule has 0 saturated heterocycles. The summed E-state index contributed by atoms with van der Waals surface area (Å²) in [6, 6.07) is 0. The van der Waals surface area contributed by atoms with E-state index in [-0.39, 0.29) is 62.0 Å². The summed E-state index contributed by atoms with van der Waals surface area (Å²) >= 11 is 0.495. The number of thioether (sulfide) groups is 1. The number of carbonyl (C=O) groups excluding carboxylic acids is 1. The average molecular weight is 340 g/mol. The van der Waals surface area contributed by atoms with E-state index in [0.717, 1.165) is 6.92 Å². The van der Waals surface area contributed by atoms with Crippen LogP contribution in [0.4, 0.5) is 0 Å². The van der Waals surface area contributed by atoms with Gasteiger partial charge in [0.1, 0.15) is 0 Å². The van der Waals surface area contributed by atoms with Crippen molar-refractivity contribution in [3.05, 3.63) is 0 Å². The van der Waals surface area contributed by atoms with Gasteiger partial charge in [-0.1, -0.05) is 11.8 Å². The third-order valence-corrected chi connectivity index (χ3v) is 7.43. The molecule has 0 radical (unpaired) electrons. The van der Waals surface area contributed by atoms with Gasteiger partial charge < -0.3 is 22.4 Å². The van der Waals surface area contributed by atoms with Gasteiger partial charge in [-0.3, -0.25) is 13.9 Å². The molecule has 12 heteroatoms. The average Bonchev–Trinajstić information content (AvgIpc) is 1.70. The topological polar surface area (TPSA) is 132 Å². The molecule has 0 atom stereocenters. The summed E-state index contributed by atoms with van der Waals surface area (Å²) in [6.45, 7) is 3.58. The third-order valence-electron chi connectivity index (χ3n) is 1.67. The van der Waals surface area contributed by atoms with Crippen LogP contribution in [0.1, 0.15) is 23.6 Å². The van der Waals surface area contributed by atoms with Crippen LogP contribution in [-0.4, -0.2) is 34.8 Å². The second-order valence-electron chi connectivity index (χ2n) is 3.75. The van der Waals surface area contributed by atoms with E-state index in [1.165, 1.54) is 13.8 Å². The Kier molecular flexibility index (Phi) is 12.2. The van der Waals surface area contributed by atoms with Gasteiger partial charge in [0.15, 0.2) is 10.5 Å². The molecule has 0 bridgehead atoms. The number of carbonyl (C=O) groups is 1. The molecule has 0 aliphatic heterocycles. The first-order valence-corrected chi connectivity index (χ1v) is 8.26. The molecule has 0 aliphatic rings. The van der Waals surface area contributed by atoms with Crippen molar-refractivity contribution in [3.63, 3.8) is 0 Å². The molecule has 0 spiro atoms. The zero-order valence-corrected chi connectivity index (χ0v) is 17.5. The minimum Gasteiger partial charge on any atom is -1.00 e. The van der Waals surface area contributed by atoms with Gasteiger partial charge in [0, 0.05) is 11.7 Å². The van der Waals surface area contributed by atoms with Crippen LogP contribution in [0, 0.1) is 0 Å². The van der Waals surface area contributed by atoms with Crippen molar-refractivity contribution >= 4 is 32.1 Å². The summed E-state index contributed by atoms with van der Waals surface area (Å²) in [5.74, 6) is 0. The molecule has 0 aromatic rings. The fraction of sp³-hybridized carbons (Fsp3) is 0.833. The molecule has 4 N–H and O–H groups in total. The van der Waals surface area contributed by atoms with Crippen LogP contribution >= 0.6 is 27.0 Å². The Labute approximate surface area is 157 Å². The largest absolute Gasteiger partial charge is 1.00 e. The van der Waals surface area contributed by atoms with Crippen LogP contribution in [0.2, 0.25) is 0 Å². The molecule has 0 aromatic carbocycles. The molecule has 0 aliphatic carbocycles. The Morgan fingerprint density at radius 2 is 1.39 bits per heavy atom. The number of hydrogen-bond acceptors (Lipinski definition) is 4. The first-order chi connectivity index (χ1) is 6.78. The predicted molar refractivity (Wildman–Crippen MR) is 62.5 cm³/mol. The fourth-order valence-electron chi connectivity index (χ4n) is 1.43. The van der Waals surface area contributed by atoms with E-state index in [4.69, 9.17) is 19.6 Å². The molecular formula is C6H16Na2O7P2S. The van der Waals surface area contributed by atoms with Gasteiger partial charge in [-0.05, 0) is 13.8 Å². The van der Waals surface area contributed by atoms with Gasteiger partial charge in [0.2, 0.25) is 0 Å². The van der Waals surface area contributed by atoms with E-state index >= 15 is 0 Å². The van der Waals surface area contributed by atoms with Crippen LogP contribution < -0.4 is 59.1 Å². The Balaban J connectivity index is -0.000000187. The van der Waals surface area contributed by atoms with Crippen molar-refractivity contribution in [2.24, 2.45) is 0 Å². The van der Waals surface area contributed by atoms with Crippen molar-refractivity contribution in [3.8, 4) is 0 Å². The van der Waals surface area contributed by atoms with Crippen molar-refractivity contribution in [1.29, 1.82) is 0 Å². The van der Waals surface area contributed by atoms with Crippen LogP contribution in [-0.2, 0) is 13.9 Å². The maximum absolute atomic E-state index is 11.1. The Bertz CT molecular complexity index is 364. The molecule has 0 aromatic heterocycles. The standard InChI is InChI=1S/C6H14O7P2S.2Na.2H/c1-4(7)16-6(2,3)5(14(8,9)10)15(11,12)13;;;;/h5H,1-3H3,(H2,8,9,10)(H2,11,12,13);;;;/q;2*+1;2*-1.